The summed E-state index contributed by atoms with van der Waals surface area (Å²) in [4.78, 5) is 0. The van der Waals surface area contributed by atoms with Crippen LogP contribution in [0, 0.1) is 11.8 Å². The molecule has 0 saturated heterocycles. The summed E-state index contributed by atoms with van der Waals surface area (Å²) >= 11 is 0. The van der Waals surface area contributed by atoms with Crippen molar-refractivity contribution in [1.29, 1.82) is 0 Å². The predicted molar refractivity (Wildman–Crippen MR) is 85.4 cm³/mol. The van der Waals surface area contributed by atoms with E-state index in [9.17, 15) is 5.11 Å². The van der Waals surface area contributed by atoms with E-state index in [-0.39, 0.29) is 6.10 Å². The smallest absolute Gasteiger partial charge is 0.0799 e. The molecule has 1 N–H and O–H groups in total. The van der Waals surface area contributed by atoms with E-state index < -0.39 is 0 Å². The SMILES string of the molecule is OC1CC2c3c1cc1ccccc1c3CC1CCCCC12. The van der Waals surface area contributed by atoms with Gasteiger partial charge in [0.15, 0.2) is 0 Å². The predicted octanol–water partition coefficient (Wildman–Crippen LogP) is 4.72. The van der Waals surface area contributed by atoms with Gasteiger partial charge >= 0.3 is 0 Å². The molecule has 3 aliphatic rings. The average molecular weight is 278 g/mol. The van der Waals surface area contributed by atoms with Crippen LogP contribution in [0.4, 0.5) is 0 Å². The first kappa shape index (κ1) is 12.2. The van der Waals surface area contributed by atoms with E-state index in [4.69, 9.17) is 0 Å². The van der Waals surface area contributed by atoms with E-state index in [2.05, 4.69) is 30.3 Å². The molecule has 108 valence electrons. The summed E-state index contributed by atoms with van der Waals surface area (Å²) < 4.78 is 0. The van der Waals surface area contributed by atoms with Crippen molar-refractivity contribution in [3.05, 3.63) is 47.0 Å². The second-order valence-corrected chi connectivity index (χ2v) is 7.35. The summed E-state index contributed by atoms with van der Waals surface area (Å²) in [6.45, 7) is 0. The van der Waals surface area contributed by atoms with E-state index in [1.165, 1.54) is 48.4 Å². The molecule has 0 heterocycles. The first-order valence-electron chi connectivity index (χ1n) is 8.55. The molecule has 2 aromatic rings. The van der Waals surface area contributed by atoms with Crippen LogP contribution >= 0.6 is 0 Å². The first-order chi connectivity index (χ1) is 10.3. The van der Waals surface area contributed by atoms with Crippen LogP contribution in [0.3, 0.4) is 0 Å². The van der Waals surface area contributed by atoms with E-state index in [0.717, 1.165) is 18.3 Å². The number of fused-ring (bicyclic) bond motifs is 4. The molecule has 4 unspecified atom stereocenters. The van der Waals surface area contributed by atoms with Crippen LogP contribution in [0.2, 0.25) is 0 Å². The largest absolute Gasteiger partial charge is 0.388 e. The zero-order valence-electron chi connectivity index (χ0n) is 12.4. The molecule has 3 aliphatic carbocycles. The maximum atomic E-state index is 10.6. The summed E-state index contributed by atoms with van der Waals surface area (Å²) in [5.41, 5.74) is 4.37. The van der Waals surface area contributed by atoms with Gasteiger partial charge in [0.2, 0.25) is 0 Å². The van der Waals surface area contributed by atoms with Crippen molar-refractivity contribution in [3.8, 4) is 0 Å². The molecule has 0 bridgehead atoms. The van der Waals surface area contributed by atoms with E-state index in [0.29, 0.717) is 5.92 Å². The van der Waals surface area contributed by atoms with Gasteiger partial charge in [0.1, 0.15) is 0 Å². The van der Waals surface area contributed by atoms with Gasteiger partial charge in [0.25, 0.3) is 0 Å². The Kier molecular flexibility index (Phi) is 2.52. The quantitative estimate of drug-likeness (QED) is 0.739. The minimum Gasteiger partial charge on any atom is -0.388 e. The second-order valence-electron chi connectivity index (χ2n) is 7.35. The number of aliphatic hydroxyl groups is 1. The minimum absolute atomic E-state index is 0.228. The topological polar surface area (TPSA) is 20.2 Å². The van der Waals surface area contributed by atoms with Gasteiger partial charge in [-0.15, -0.1) is 0 Å². The lowest BCUT2D eigenvalue weighted by molar-refractivity contribution is 0.134. The molecule has 0 aliphatic heterocycles. The molecule has 0 radical (unpaired) electrons. The summed E-state index contributed by atoms with van der Waals surface area (Å²) in [6, 6.07) is 11.0. The molecule has 0 spiro atoms. The van der Waals surface area contributed by atoms with Crippen molar-refractivity contribution in [2.24, 2.45) is 11.8 Å². The second kappa shape index (κ2) is 4.33. The summed E-state index contributed by atoms with van der Waals surface area (Å²) in [6.07, 6.45) is 7.57. The number of hydrogen-bond acceptors (Lipinski definition) is 1. The molecule has 21 heavy (non-hydrogen) atoms. The van der Waals surface area contributed by atoms with Crippen LogP contribution in [-0.4, -0.2) is 5.11 Å². The van der Waals surface area contributed by atoms with Gasteiger partial charge in [-0.1, -0.05) is 37.1 Å². The fourth-order valence-corrected chi connectivity index (χ4v) is 5.55. The van der Waals surface area contributed by atoms with Crippen LogP contribution < -0.4 is 0 Å². The van der Waals surface area contributed by atoms with Gasteiger partial charge in [-0.3, -0.25) is 0 Å². The Bertz CT molecular complexity index is 717. The molecule has 0 aromatic heterocycles. The summed E-state index contributed by atoms with van der Waals surface area (Å²) in [7, 11) is 0. The standard InChI is InChI=1S/C20H22O/c21-19-11-17-15-8-4-1-5-12(15)9-16-14-7-3-2-6-13(14)10-18(19)20(16)17/h2-3,6-7,10,12,15,17,19,21H,1,4-5,8-9,11H2. The van der Waals surface area contributed by atoms with Gasteiger partial charge in [0.05, 0.1) is 6.10 Å². The monoisotopic (exact) mass is 278 g/mol. The average Bonchev–Trinajstić information content (AvgIpc) is 2.86. The number of hydrogen-bond donors (Lipinski definition) is 1. The van der Waals surface area contributed by atoms with Crippen molar-refractivity contribution in [1.82, 2.24) is 0 Å². The fraction of sp³-hybridized carbons (Fsp3) is 0.500. The molecule has 4 atom stereocenters. The zero-order valence-corrected chi connectivity index (χ0v) is 12.4. The highest BCUT2D eigenvalue weighted by atomic mass is 16.3. The number of aliphatic hydroxyl groups excluding tert-OH is 1. The first-order valence-corrected chi connectivity index (χ1v) is 8.55. The third-order valence-electron chi connectivity index (χ3n) is 6.39. The Morgan fingerprint density at radius 2 is 1.90 bits per heavy atom. The number of benzene rings is 2. The van der Waals surface area contributed by atoms with E-state index >= 15 is 0 Å². The summed E-state index contributed by atoms with van der Waals surface area (Å²) in [5.74, 6) is 2.33. The molecule has 0 amide bonds. The van der Waals surface area contributed by atoms with Crippen LogP contribution in [0.15, 0.2) is 30.3 Å². The van der Waals surface area contributed by atoms with E-state index in [1.54, 1.807) is 11.1 Å². The third-order valence-corrected chi connectivity index (χ3v) is 6.39. The molecule has 1 heteroatoms. The van der Waals surface area contributed by atoms with Crippen molar-refractivity contribution in [3.63, 3.8) is 0 Å². The molecule has 5 rings (SSSR count). The highest BCUT2D eigenvalue weighted by Crippen LogP contribution is 2.56. The highest BCUT2D eigenvalue weighted by molar-refractivity contribution is 5.89. The van der Waals surface area contributed by atoms with Gasteiger partial charge in [-0.25, -0.2) is 0 Å². The maximum absolute atomic E-state index is 10.6. The van der Waals surface area contributed by atoms with Gasteiger partial charge in [-0.2, -0.15) is 0 Å². The van der Waals surface area contributed by atoms with Crippen LogP contribution in [0.5, 0.6) is 0 Å². The highest BCUT2D eigenvalue weighted by Gasteiger charge is 2.44. The van der Waals surface area contributed by atoms with Crippen molar-refractivity contribution >= 4 is 10.8 Å². The Morgan fingerprint density at radius 1 is 1.05 bits per heavy atom. The Morgan fingerprint density at radius 3 is 2.86 bits per heavy atom. The van der Waals surface area contributed by atoms with Gasteiger partial charge < -0.3 is 5.11 Å². The van der Waals surface area contributed by atoms with Crippen molar-refractivity contribution < 1.29 is 5.11 Å². The van der Waals surface area contributed by atoms with Crippen molar-refractivity contribution in [2.75, 3.05) is 0 Å². The fourth-order valence-electron chi connectivity index (χ4n) is 5.55. The lowest BCUT2D eigenvalue weighted by Crippen LogP contribution is -2.31. The molecule has 1 saturated carbocycles. The molecular weight excluding hydrogens is 256 g/mol. The van der Waals surface area contributed by atoms with E-state index in [1.807, 2.05) is 0 Å². The Labute approximate surface area is 126 Å². The lowest BCUT2D eigenvalue weighted by Gasteiger charge is -2.41. The molecule has 1 fully saturated rings. The molecule has 1 nitrogen and oxygen atoms in total. The third kappa shape index (κ3) is 1.61. The van der Waals surface area contributed by atoms with Crippen LogP contribution in [-0.2, 0) is 6.42 Å². The molecule has 2 aromatic carbocycles. The zero-order chi connectivity index (χ0) is 14.0. The van der Waals surface area contributed by atoms with Gasteiger partial charge in [0, 0.05) is 0 Å². The summed E-state index contributed by atoms with van der Waals surface area (Å²) in [5, 5.41) is 13.3. The van der Waals surface area contributed by atoms with Crippen LogP contribution in [0.1, 0.15) is 60.8 Å². The van der Waals surface area contributed by atoms with Gasteiger partial charge in [-0.05, 0) is 77.0 Å². The molecular formula is C20H22O. The normalized spacial score (nSPS) is 33.8. The Balaban J connectivity index is 1.79. The lowest BCUT2D eigenvalue weighted by atomic mass is 9.63. The van der Waals surface area contributed by atoms with Crippen molar-refractivity contribution in [2.45, 2.75) is 50.5 Å². The minimum atomic E-state index is -0.228. The Hall–Kier alpha value is -1.34. The number of rotatable bonds is 0. The maximum Gasteiger partial charge on any atom is 0.0799 e. The van der Waals surface area contributed by atoms with Crippen LogP contribution in [0.25, 0.3) is 10.8 Å².